The second kappa shape index (κ2) is 9.41. The zero-order valence-electron chi connectivity index (χ0n) is 19.8. The van der Waals surface area contributed by atoms with Crippen LogP contribution in [-0.4, -0.2) is 68.3 Å². The molecule has 198 valence electrons. The molecule has 1 atom stereocenters. The Kier molecular flexibility index (Phi) is 6.53. The highest BCUT2D eigenvalue weighted by molar-refractivity contribution is 7.89. The van der Waals surface area contributed by atoms with E-state index in [0.29, 0.717) is 18.7 Å². The van der Waals surface area contributed by atoms with Crippen LogP contribution < -0.4 is 5.32 Å². The van der Waals surface area contributed by atoms with Crippen LogP contribution in [0.5, 0.6) is 0 Å². The normalized spacial score (nSPS) is 21.4. The van der Waals surface area contributed by atoms with E-state index in [-0.39, 0.29) is 42.2 Å². The Balaban J connectivity index is 1.26. The molecule has 2 heterocycles. The number of carbonyl (C=O) groups is 2. The summed E-state index contributed by atoms with van der Waals surface area (Å²) in [4.78, 5) is 27.6. The van der Waals surface area contributed by atoms with E-state index in [2.05, 4.69) is 5.32 Å². The van der Waals surface area contributed by atoms with Gasteiger partial charge in [-0.1, -0.05) is 18.2 Å². The molecule has 2 aromatic rings. The number of morpholine rings is 1. The maximum atomic E-state index is 13.3. The molecule has 1 spiro atoms. The van der Waals surface area contributed by atoms with Crippen molar-refractivity contribution >= 4 is 21.8 Å². The highest BCUT2D eigenvalue weighted by Crippen LogP contribution is 2.54. The highest BCUT2D eigenvalue weighted by Gasteiger charge is 2.56. The number of carbonyl (C=O) groups excluding carboxylic acids is 2. The molecule has 2 amide bonds. The first-order valence-corrected chi connectivity index (χ1v) is 13.4. The molecule has 0 unspecified atom stereocenters. The monoisotopic (exact) mass is 537 g/mol. The Labute approximate surface area is 212 Å². The molecular formula is C25H26F3N3O5S. The average Bonchev–Trinajstić information content (AvgIpc) is 3.67. The van der Waals surface area contributed by atoms with Gasteiger partial charge >= 0.3 is 6.18 Å². The van der Waals surface area contributed by atoms with Crippen molar-refractivity contribution in [2.45, 2.75) is 36.5 Å². The summed E-state index contributed by atoms with van der Waals surface area (Å²) in [7, 11) is -3.71. The van der Waals surface area contributed by atoms with Crippen LogP contribution in [0.25, 0.3) is 0 Å². The van der Waals surface area contributed by atoms with Crippen molar-refractivity contribution in [3.05, 3.63) is 65.2 Å². The minimum Gasteiger partial charge on any atom is -0.377 e. The number of nitrogens with zero attached hydrogens (tertiary/aromatic N) is 2. The molecule has 2 aromatic carbocycles. The lowest BCUT2D eigenvalue weighted by Crippen LogP contribution is -2.55. The summed E-state index contributed by atoms with van der Waals surface area (Å²) in [5.74, 6) is -1.02. The van der Waals surface area contributed by atoms with Crippen molar-refractivity contribution < 1.29 is 35.9 Å². The maximum Gasteiger partial charge on any atom is 0.416 e. The molecule has 12 heteroatoms. The molecule has 0 radical (unpaired) electrons. The predicted molar refractivity (Wildman–Crippen MR) is 126 cm³/mol. The number of alkyl halides is 3. The Morgan fingerprint density at radius 1 is 1.08 bits per heavy atom. The second-order valence-electron chi connectivity index (χ2n) is 9.80. The first kappa shape index (κ1) is 25.7. The van der Waals surface area contributed by atoms with Crippen molar-refractivity contribution in [1.29, 1.82) is 0 Å². The second-order valence-corrected chi connectivity index (χ2v) is 11.7. The van der Waals surface area contributed by atoms with E-state index in [9.17, 15) is 31.2 Å². The fraction of sp³-hybridized carbons (Fsp3) is 0.440. The number of halogens is 3. The van der Waals surface area contributed by atoms with Crippen molar-refractivity contribution in [2.75, 3.05) is 32.8 Å². The summed E-state index contributed by atoms with van der Waals surface area (Å²) in [6.07, 6.45) is -2.37. The molecule has 1 saturated carbocycles. The van der Waals surface area contributed by atoms with Crippen molar-refractivity contribution in [3.63, 3.8) is 0 Å². The number of nitrogens with one attached hydrogen (secondary N) is 1. The number of ether oxygens (including phenoxy) is 1. The van der Waals surface area contributed by atoms with Gasteiger partial charge in [0, 0.05) is 31.7 Å². The largest absolute Gasteiger partial charge is 0.416 e. The van der Waals surface area contributed by atoms with Crippen LogP contribution in [0.2, 0.25) is 0 Å². The lowest BCUT2D eigenvalue weighted by molar-refractivity contribution is -0.137. The van der Waals surface area contributed by atoms with E-state index in [1.54, 1.807) is 0 Å². The molecule has 2 aliphatic heterocycles. The van der Waals surface area contributed by atoms with Gasteiger partial charge in [-0.2, -0.15) is 17.5 Å². The summed E-state index contributed by atoms with van der Waals surface area (Å²) >= 11 is 0. The smallest absolute Gasteiger partial charge is 0.377 e. The number of hydrogen-bond acceptors (Lipinski definition) is 5. The van der Waals surface area contributed by atoms with Gasteiger partial charge < -0.3 is 15.0 Å². The Morgan fingerprint density at radius 3 is 2.43 bits per heavy atom. The minimum atomic E-state index is -4.45. The van der Waals surface area contributed by atoms with Gasteiger partial charge in [0.05, 0.1) is 23.7 Å². The van der Waals surface area contributed by atoms with E-state index in [1.807, 2.05) is 0 Å². The van der Waals surface area contributed by atoms with Crippen LogP contribution in [0.15, 0.2) is 53.4 Å². The van der Waals surface area contributed by atoms with Gasteiger partial charge in [-0.3, -0.25) is 9.59 Å². The van der Waals surface area contributed by atoms with Gasteiger partial charge in [-0.25, -0.2) is 8.42 Å². The molecule has 1 N–H and O–H groups in total. The summed E-state index contributed by atoms with van der Waals surface area (Å²) < 4.78 is 71.1. The van der Waals surface area contributed by atoms with Gasteiger partial charge in [-0.15, -0.1) is 0 Å². The Morgan fingerprint density at radius 2 is 1.78 bits per heavy atom. The number of sulfonamides is 1. The fourth-order valence-corrected chi connectivity index (χ4v) is 6.36. The lowest BCUT2D eigenvalue weighted by atomic mass is 10.0. The number of hydrogen-bond donors (Lipinski definition) is 1. The van der Waals surface area contributed by atoms with Crippen LogP contribution in [0, 0.1) is 5.41 Å². The van der Waals surface area contributed by atoms with E-state index >= 15 is 0 Å². The molecular weight excluding hydrogens is 511 g/mol. The SMILES string of the molecule is O=C(NCc1ccc(C(F)(F)F)cc1)[C@H]1COCCN1C(=O)c1cccc(S(=O)(=O)N2CC3(CC3)C2)c1. The van der Waals surface area contributed by atoms with Crippen LogP contribution >= 0.6 is 0 Å². The van der Waals surface area contributed by atoms with E-state index in [4.69, 9.17) is 4.74 Å². The molecule has 0 aromatic heterocycles. The van der Waals surface area contributed by atoms with Crippen LogP contribution in [0.3, 0.4) is 0 Å². The van der Waals surface area contributed by atoms with Gasteiger partial charge in [0.15, 0.2) is 0 Å². The topological polar surface area (TPSA) is 96.0 Å². The van der Waals surface area contributed by atoms with Gasteiger partial charge in [0.1, 0.15) is 6.04 Å². The third kappa shape index (κ3) is 5.23. The predicted octanol–water partition coefficient (Wildman–Crippen LogP) is 2.65. The molecule has 8 nitrogen and oxygen atoms in total. The standard InChI is InChI=1S/C25H26F3N3O5S/c26-25(27,28)19-6-4-17(5-7-19)13-29-22(32)21-14-36-11-10-31(21)23(33)18-2-1-3-20(12-18)37(34,35)30-15-24(16-30)8-9-24/h1-7,12,21H,8-11,13-16H2,(H,29,32)/t21-/m1/s1. The van der Waals surface area contributed by atoms with Crippen LogP contribution in [-0.2, 0) is 32.3 Å². The first-order valence-electron chi connectivity index (χ1n) is 11.9. The number of amides is 2. The molecule has 3 fully saturated rings. The molecule has 5 rings (SSSR count). The average molecular weight is 538 g/mol. The maximum absolute atomic E-state index is 13.3. The van der Waals surface area contributed by atoms with Crippen molar-refractivity contribution in [2.24, 2.45) is 5.41 Å². The summed E-state index contributed by atoms with van der Waals surface area (Å²) in [6, 6.07) is 9.26. The summed E-state index contributed by atoms with van der Waals surface area (Å²) in [5, 5.41) is 2.65. The van der Waals surface area contributed by atoms with E-state index in [1.165, 1.54) is 45.6 Å². The summed E-state index contributed by atoms with van der Waals surface area (Å²) in [5.41, 5.74) is -0.0293. The molecule has 37 heavy (non-hydrogen) atoms. The van der Waals surface area contributed by atoms with E-state index < -0.39 is 39.6 Å². The third-order valence-electron chi connectivity index (χ3n) is 7.14. The van der Waals surface area contributed by atoms with Gasteiger partial charge in [0.25, 0.3) is 5.91 Å². The zero-order valence-corrected chi connectivity index (χ0v) is 20.6. The third-order valence-corrected chi connectivity index (χ3v) is 8.93. The first-order chi connectivity index (χ1) is 17.5. The summed E-state index contributed by atoms with van der Waals surface area (Å²) in [6.45, 7) is 1.25. The van der Waals surface area contributed by atoms with Crippen molar-refractivity contribution in [1.82, 2.24) is 14.5 Å². The number of rotatable bonds is 6. The zero-order chi connectivity index (χ0) is 26.4. The molecule has 1 aliphatic carbocycles. The Bertz CT molecular complexity index is 1300. The van der Waals surface area contributed by atoms with Crippen LogP contribution in [0.4, 0.5) is 13.2 Å². The lowest BCUT2D eigenvalue weighted by Gasteiger charge is -2.38. The van der Waals surface area contributed by atoms with Gasteiger partial charge in [-0.05, 0) is 54.2 Å². The highest BCUT2D eigenvalue weighted by atomic mass is 32.2. The minimum absolute atomic E-state index is 0.0272. The molecule has 2 saturated heterocycles. The molecule has 3 aliphatic rings. The Hall–Kier alpha value is -2.96. The quantitative estimate of drug-likeness (QED) is 0.612. The van der Waals surface area contributed by atoms with Gasteiger partial charge in [0.2, 0.25) is 15.9 Å². The van der Waals surface area contributed by atoms with Crippen molar-refractivity contribution in [3.8, 4) is 0 Å². The fourth-order valence-electron chi connectivity index (χ4n) is 4.65. The number of benzene rings is 2. The van der Waals surface area contributed by atoms with E-state index in [0.717, 1.165) is 25.0 Å². The molecule has 0 bridgehead atoms. The van der Waals surface area contributed by atoms with Crippen LogP contribution in [0.1, 0.15) is 34.3 Å².